The maximum absolute atomic E-state index is 12.1. The molecule has 1 saturated carbocycles. The van der Waals surface area contributed by atoms with Crippen LogP contribution in [0.3, 0.4) is 0 Å². The molecule has 1 spiro atoms. The zero-order chi connectivity index (χ0) is 12.6. The molecule has 1 atom stereocenters. The molecule has 0 radical (unpaired) electrons. The topological polar surface area (TPSA) is 64.4 Å². The first-order chi connectivity index (χ1) is 8.70. The van der Waals surface area contributed by atoms with Crippen molar-refractivity contribution in [2.45, 2.75) is 50.7 Å². The molecule has 2 heterocycles. The molecule has 1 saturated heterocycles. The fourth-order valence-corrected chi connectivity index (χ4v) is 3.12. The fourth-order valence-electron chi connectivity index (χ4n) is 3.12. The molecule has 0 aromatic carbocycles. The SMILES string of the molecule is Cc1cc(C(=O)NC2CCOC23CCCC3)no1. The summed E-state index contributed by atoms with van der Waals surface area (Å²) in [5.41, 5.74) is 0.238. The lowest BCUT2D eigenvalue weighted by Crippen LogP contribution is -2.48. The van der Waals surface area contributed by atoms with E-state index >= 15 is 0 Å². The van der Waals surface area contributed by atoms with Crippen molar-refractivity contribution in [1.82, 2.24) is 10.5 Å². The Labute approximate surface area is 106 Å². The second-order valence-electron chi connectivity index (χ2n) is 5.26. The Morgan fingerprint density at radius 3 is 2.94 bits per heavy atom. The first-order valence-electron chi connectivity index (χ1n) is 6.58. The predicted octanol–water partition coefficient (Wildman–Crippen LogP) is 1.81. The zero-order valence-corrected chi connectivity index (χ0v) is 10.6. The Kier molecular flexibility index (Phi) is 2.86. The van der Waals surface area contributed by atoms with E-state index in [0.717, 1.165) is 25.9 Å². The molecule has 5 heteroatoms. The lowest BCUT2D eigenvalue weighted by molar-refractivity contribution is -0.00406. The van der Waals surface area contributed by atoms with Gasteiger partial charge in [-0.2, -0.15) is 0 Å². The highest BCUT2D eigenvalue weighted by molar-refractivity contribution is 5.92. The van der Waals surface area contributed by atoms with Crippen LogP contribution in [0.2, 0.25) is 0 Å². The van der Waals surface area contributed by atoms with Gasteiger partial charge in [-0.25, -0.2) is 0 Å². The average molecular weight is 250 g/mol. The summed E-state index contributed by atoms with van der Waals surface area (Å²) in [7, 11) is 0. The molecule has 5 nitrogen and oxygen atoms in total. The van der Waals surface area contributed by atoms with Gasteiger partial charge in [0.05, 0.1) is 11.6 Å². The van der Waals surface area contributed by atoms with E-state index in [0.29, 0.717) is 11.5 Å². The normalized spacial score (nSPS) is 25.7. The minimum Gasteiger partial charge on any atom is -0.373 e. The maximum atomic E-state index is 12.1. The minimum absolute atomic E-state index is 0.115. The van der Waals surface area contributed by atoms with Crippen LogP contribution >= 0.6 is 0 Å². The summed E-state index contributed by atoms with van der Waals surface area (Å²) in [6.45, 7) is 2.52. The monoisotopic (exact) mass is 250 g/mol. The Hall–Kier alpha value is -1.36. The molecule has 2 fully saturated rings. The van der Waals surface area contributed by atoms with Gasteiger partial charge in [0, 0.05) is 12.7 Å². The Morgan fingerprint density at radius 1 is 1.50 bits per heavy atom. The van der Waals surface area contributed by atoms with Crippen LogP contribution in [0.1, 0.15) is 48.4 Å². The third-order valence-corrected chi connectivity index (χ3v) is 4.05. The number of nitrogens with zero attached hydrogens (tertiary/aromatic N) is 1. The first kappa shape index (κ1) is 11.7. The number of aryl methyl sites for hydroxylation is 1. The number of amides is 1. The second kappa shape index (κ2) is 4.39. The van der Waals surface area contributed by atoms with Crippen molar-refractivity contribution in [1.29, 1.82) is 0 Å². The Balaban J connectivity index is 1.70. The fraction of sp³-hybridized carbons (Fsp3) is 0.692. The van der Waals surface area contributed by atoms with Crippen LogP contribution in [-0.2, 0) is 4.74 Å². The Bertz CT molecular complexity index is 443. The Morgan fingerprint density at radius 2 is 2.28 bits per heavy atom. The van der Waals surface area contributed by atoms with E-state index in [2.05, 4.69) is 10.5 Å². The van der Waals surface area contributed by atoms with Gasteiger partial charge in [0.15, 0.2) is 5.69 Å². The van der Waals surface area contributed by atoms with Crippen molar-refractivity contribution in [2.75, 3.05) is 6.61 Å². The van der Waals surface area contributed by atoms with Gasteiger partial charge >= 0.3 is 0 Å². The average Bonchev–Trinajstić information content (AvgIpc) is 3.04. The van der Waals surface area contributed by atoms with Crippen molar-refractivity contribution >= 4 is 5.91 Å². The highest BCUT2D eigenvalue weighted by Gasteiger charge is 2.46. The molecule has 1 unspecified atom stereocenters. The van der Waals surface area contributed by atoms with Gasteiger partial charge < -0.3 is 14.6 Å². The molecule has 0 bridgehead atoms. The molecule has 1 aliphatic heterocycles. The summed E-state index contributed by atoms with van der Waals surface area (Å²) in [5.74, 6) is 0.493. The molecule has 2 aliphatic rings. The number of hydrogen-bond donors (Lipinski definition) is 1. The van der Waals surface area contributed by atoms with Gasteiger partial charge in [0.2, 0.25) is 0 Å². The molecule has 1 aromatic rings. The number of carbonyl (C=O) groups is 1. The van der Waals surface area contributed by atoms with Crippen LogP contribution in [0.4, 0.5) is 0 Å². The number of hydrogen-bond acceptors (Lipinski definition) is 4. The van der Waals surface area contributed by atoms with Gasteiger partial charge in [-0.1, -0.05) is 18.0 Å². The van der Waals surface area contributed by atoms with E-state index in [4.69, 9.17) is 9.26 Å². The van der Waals surface area contributed by atoms with Gasteiger partial charge in [-0.15, -0.1) is 0 Å². The number of rotatable bonds is 2. The third kappa shape index (κ3) is 1.92. The first-order valence-corrected chi connectivity index (χ1v) is 6.58. The van der Waals surface area contributed by atoms with E-state index in [1.54, 1.807) is 13.0 Å². The molecular weight excluding hydrogens is 232 g/mol. The molecule has 18 heavy (non-hydrogen) atoms. The number of ether oxygens (including phenoxy) is 1. The van der Waals surface area contributed by atoms with Gasteiger partial charge in [0.25, 0.3) is 5.91 Å². The smallest absolute Gasteiger partial charge is 0.273 e. The van der Waals surface area contributed by atoms with Crippen LogP contribution in [0.25, 0.3) is 0 Å². The second-order valence-corrected chi connectivity index (χ2v) is 5.26. The van der Waals surface area contributed by atoms with Crippen LogP contribution < -0.4 is 5.32 Å². The van der Waals surface area contributed by atoms with Crippen molar-refractivity contribution in [3.05, 3.63) is 17.5 Å². The van der Waals surface area contributed by atoms with Gasteiger partial charge in [0.1, 0.15) is 5.76 Å². The van der Waals surface area contributed by atoms with Crippen molar-refractivity contribution in [3.8, 4) is 0 Å². The number of aromatic nitrogens is 1. The van der Waals surface area contributed by atoms with E-state index in [-0.39, 0.29) is 17.6 Å². The quantitative estimate of drug-likeness (QED) is 0.869. The van der Waals surface area contributed by atoms with E-state index in [1.165, 1.54) is 12.8 Å². The van der Waals surface area contributed by atoms with Crippen molar-refractivity contribution < 1.29 is 14.1 Å². The highest BCUT2D eigenvalue weighted by atomic mass is 16.5. The van der Waals surface area contributed by atoms with Crippen molar-refractivity contribution in [3.63, 3.8) is 0 Å². The predicted molar refractivity (Wildman–Crippen MR) is 64.3 cm³/mol. The molecule has 1 amide bonds. The highest BCUT2D eigenvalue weighted by Crippen LogP contribution is 2.41. The number of nitrogens with one attached hydrogen (secondary N) is 1. The van der Waals surface area contributed by atoms with E-state index in [9.17, 15) is 4.79 Å². The van der Waals surface area contributed by atoms with Gasteiger partial charge in [-0.3, -0.25) is 4.79 Å². The largest absolute Gasteiger partial charge is 0.373 e. The molecule has 98 valence electrons. The van der Waals surface area contributed by atoms with Crippen molar-refractivity contribution in [2.24, 2.45) is 0 Å². The zero-order valence-electron chi connectivity index (χ0n) is 10.6. The summed E-state index contributed by atoms with van der Waals surface area (Å²) in [6, 6.07) is 1.77. The standard InChI is InChI=1S/C13H18N2O3/c1-9-8-10(15-18-9)12(16)14-11-4-7-17-13(11)5-2-3-6-13/h8,11H,2-7H2,1H3,(H,14,16). The summed E-state index contributed by atoms with van der Waals surface area (Å²) in [5, 5.41) is 6.80. The summed E-state index contributed by atoms with van der Waals surface area (Å²) in [4.78, 5) is 12.1. The lowest BCUT2D eigenvalue weighted by Gasteiger charge is -2.30. The summed E-state index contributed by atoms with van der Waals surface area (Å²) >= 11 is 0. The number of carbonyl (C=O) groups excluding carboxylic acids is 1. The summed E-state index contributed by atoms with van der Waals surface area (Å²) < 4.78 is 10.8. The van der Waals surface area contributed by atoms with E-state index < -0.39 is 0 Å². The molecule has 1 N–H and O–H groups in total. The van der Waals surface area contributed by atoms with Crippen LogP contribution in [-0.4, -0.2) is 29.3 Å². The lowest BCUT2D eigenvalue weighted by atomic mass is 9.92. The van der Waals surface area contributed by atoms with Crippen LogP contribution in [0, 0.1) is 6.92 Å². The molecular formula is C13H18N2O3. The van der Waals surface area contributed by atoms with Gasteiger partial charge in [-0.05, 0) is 26.2 Å². The molecule has 1 aromatic heterocycles. The van der Waals surface area contributed by atoms with E-state index in [1.807, 2.05) is 0 Å². The third-order valence-electron chi connectivity index (χ3n) is 4.05. The maximum Gasteiger partial charge on any atom is 0.273 e. The molecule has 1 aliphatic carbocycles. The minimum atomic E-state index is -0.159. The molecule has 3 rings (SSSR count). The summed E-state index contributed by atoms with van der Waals surface area (Å²) in [6.07, 6.45) is 5.37. The van der Waals surface area contributed by atoms with Crippen LogP contribution in [0.15, 0.2) is 10.6 Å². The van der Waals surface area contributed by atoms with Crippen LogP contribution in [0.5, 0.6) is 0 Å².